The minimum absolute atomic E-state index is 0.0515. The molecular formula is C18H18FNOS. The second-order valence-corrected chi connectivity index (χ2v) is 6.03. The summed E-state index contributed by atoms with van der Waals surface area (Å²) in [4.78, 5) is 0. The third-order valence-electron chi connectivity index (χ3n) is 3.62. The van der Waals surface area contributed by atoms with E-state index in [0.717, 1.165) is 29.0 Å². The van der Waals surface area contributed by atoms with E-state index in [2.05, 4.69) is 17.4 Å². The van der Waals surface area contributed by atoms with Gasteiger partial charge in [0.15, 0.2) is 0 Å². The molecule has 1 atom stereocenters. The van der Waals surface area contributed by atoms with Gasteiger partial charge in [0.05, 0.1) is 4.70 Å². The van der Waals surface area contributed by atoms with Crippen molar-refractivity contribution in [3.8, 4) is 5.75 Å². The highest BCUT2D eigenvalue weighted by atomic mass is 32.1. The van der Waals surface area contributed by atoms with Gasteiger partial charge in [-0.1, -0.05) is 30.3 Å². The van der Waals surface area contributed by atoms with Crippen molar-refractivity contribution in [2.24, 2.45) is 0 Å². The lowest BCUT2D eigenvalue weighted by Gasteiger charge is -2.20. The van der Waals surface area contributed by atoms with Crippen molar-refractivity contribution in [2.75, 3.05) is 13.6 Å². The van der Waals surface area contributed by atoms with Gasteiger partial charge in [-0.3, -0.25) is 0 Å². The number of halogens is 1. The van der Waals surface area contributed by atoms with E-state index < -0.39 is 0 Å². The molecule has 22 heavy (non-hydrogen) atoms. The monoisotopic (exact) mass is 315 g/mol. The van der Waals surface area contributed by atoms with Crippen molar-refractivity contribution in [3.05, 3.63) is 65.3 Å². The molecule has 1 heterocycles. The van der Waals surface area contributed by atoms with Gasteiger partial charge in [-0.05, 0) is 42.7 Å². The van der Waals surface area contributed by atoms with Gasteiger partial charge in [0.1, 0.15) is 17.7 Å². The zero-order valence-corrected chi connectivity index (χ0v) is 13.2. The molecule has 0 bridgehead atoms. The molecule has 1 aromatic heterocycles. The van der Waals surface area contributed by atoms with Crippen LogP contribution in [0.25, 0.3) is 10.1 Å². The van der Waals surface area contributed by atoms with Crippen LogP contribution in [0.1, 0.15) is 18.1 Å². The number of nitrogens with one attached hydrogen (secondary N) is 1. The van der Waals surface area contributed by atoms with E-state index in [-0.39, 0.29) is 11.9 Å². The van der Waals surface area contributed by atoms with Crippen LogP contribution in [0.5, 0.6) is 5.75 Å². The van der Waals surface area contributed by atoms with Gasteiger partial charge in [-0.25, -0.2) is 4.39 Å². The van der Waals surface area contributed by atoms with Gasteiger partial charge in [0, 0.05) is 11.8 Å². The van der Waals surface area contributed by atoms with Gasteiger partial charge in [-0.15, -0.1) is 11.3 Å². The van der Waals surface area contributed by atoms with E-state index in [1.165, 1.54) is 17.4 Å². The number of hydrogen-bond acceptors (Lipinski definition) is 3. The molecule has 0 saturated heterocycles. The minimum atomic E-state index is -0.199. The molecule has 3 aromatic rings. The molecule has 2 aromatic carbocycles. The molecule has 0 spiro atoms. The van der Waals surface area contributed by atoms with E-state index in [1.807, 2.05) is 30.6 Å². The fraction of sp³-hybridized carbons (Fsp3) is 0.222. The maximum Gasteiger partial charge on any atom is 0.138 e. The SMILES string of the molecule is CNCC[C@H](Oc1ccc(F)c2ccsc12)c1ccccc1. The van der Waals surface area contributed by atoms with Crippen LogP contribution < -0.4 is 10.1 Å². The van der Waals surface area contributed by atoms with Gasteiger partial charge in [0.2, 0.25) is 0 Å². The fourth-order valence-electron chi connectivity index (χ4n) is 2.49. The zero-order valence-electron chi connectivity index (χ0n) is 12.4. The predicted octanol–water partition coefficient (Wildman–Crippen LogP) is 4.77. The van der Waals surface area contributed by atoms with Crippen molar-refractivity contribution < 1.29 is 9.13 Å². The normalized spacial score (nSPS) is 12.5. The lowest BCUT2D eigenvalue weighted by atomic mass is 10.1. The van der Waals surface area contributed by atoms with E-state index >= 15 is 0 Å². The molecule has 2 nitrogen and oxygen atoms in total. The number of thiophene rings is 1. The van der Waals surface area contributed by atoms with Crippen molar-refractivity contribution in [3.63, 3.8) is 0 Å². The van der Waals surface area contributed by atoms with Crippen LogP contribution in [0.3, 0.4) is 0 Å². The highest BCUT2D eigenvalue weighted by molar-refractivity contribution is 7.17. The predicted molar refractivity (Wildman–Crippen MR) is 90.1 cm³/mol. The Balaban J connectivity index is 1.92. The maximum atomic E-state index is 13.8. The smallest absolute Gasteiger partial charge is 0.138 e. The van der Waals surface area contributed by atoms with E-state index in [9.17, 15) is 4.39 Å². The first kappa shape index (κ1) is 15.0. The fourth-order valence-corrected chi connectivity index (χ4v) is 3.35. The first-order valence-electron chi connectivity index (χ1n) is 7.31. The Kier molecular flexibility index (Phi) is 4.71. The summed E-state index contributed by atoms with van der Waals surface area (Å²) < 4.78 is 20.9. The van der Waals surface area contributed by atoms with Gasteiger partial charge in [-0.2, -0.15) is 0 Å². The Morgan fingerprint density at radius 2 is 1.95 bits per heavy atom. The summed E-state index contributed by atoms with van der Waals surface area (Å²) in [6, 6.07) is 15.1. The maximum absolute atomic E-state index is 13.8. The largest absolute Gasteiger partial charge is 0.484 e. The Labute approximate surface area is 133 Å². The molecule has 0 radical (unpaired) electrons. The van der Waals surface area contributed by atoms with Crippen LogP contribution in [-0.4, -0.2) is 13.6 Å². The van der Waals surface area contributed by atoms with E-state index in [0.29, 0.717) is 5.39 Å². The molecule has 4 heteroatoms. The van der Waals surface area contributed by atoms with Crippen LogP contribution in [-0.2, 0) is 0 Å². The molecule has 114 valence electrons. The molecule has 0 fully saturated rings. The van der Waals surface area contributed by atoms with Crippen LogP contribution in [0.15, 0.2) is 53.9 Å². The van der Waals surface area contributed by atoms with Crippen LogP contribution in [0.4, 0.5) is 4.39 Å². The highest BCUT2D eigenvalue weighted by Crippen LogP contribution is 2.35. The number of rotatable bonds is 6. The standard InChI is InChI=1S/C18H18FNOS/c1-20-11-9-16(13-5-3-2-4-6-13)21-17-8-7-15(19)14-10-12-22-18(14)17/h2-8,10,12,16,20H,9,11H2,1H3/t16-/m0/s1. The first-order chi connectivity index (χ1) is 10.8. The first-order valence-corrected chi connectivity index (χ1v) is 8.19. The summed E-state index contributed by atoms with van der Waals surface area (Å²) in [5, 5.41) is 5.68. The Morgan fingerprint density at radius 1 is 1.14 bits per heavy atom. The lowest BCUT2D eigenvalue weighted by molar-refractivity contribution is 0.198. The zero-order chi connectivity index (χ0) is 15.4. The quantitative estimate of drug-likeness (QED) is 0.707. The Hall–Kier alpha value is -1.91. The molecule has 0 aliphatic carbocycles. The molecule has 0 aliphatic rings. The molecule has 0 unspecified atom stereocenters. The van der Waals surface area contributed by atoms with Gasteiger partial charge >= 0.3 is 0 Å². The van der Waals surface area contributed by atoms with Gasteiger partial charge < -0.3 is 10.1 Å². The molecule has 0 aliphatic heterocycles. The van der Waals surface area contributed by atoms with Crippen LogP contribution in [0.2, 0.25) is 0 Å². The molecule has 0 saturated carbocycles. The molecule has 0 amide bonds. The molecular weight excluding hydrogens is 297 g/mol. The highest BCUT2D eigenvalue weighted by Gasteiger charge is 2.16. The number of ether oxygens (including phenoxy) is 1. The summed E-state index contributed by atoms with van der Waals surface area (Å²) in [5.41, 5.74) is 1.13. The Bertz CT molecular complexity index is 741. The van der Waals surface area contributed by atoms with Gasteiger partial charge in [0.25, 0.3) is 0 Å². The second kappa shape index (κ2) is 6.90. The summed E-state index contributed by atoms with van der Waals surface area (Å²) in [7, 11) is 1.93. The van der Waals surface area contributed by atoms with Crippen molar-refractivity contribution >= 4 is 21.4 Å². The van der Waals surface area contributed by atoms with Crippen LogP contribution >= 0.6 is 11.3 Å². The average Bonchev–Trinajstić information content (AvgIpc) is 3.05. The van der Waals surface area contributed by atoms with Crippen LogP contribution in [0, 0.1) is 5.82 Å². The Morgan fingerprint density at radius 3 is 2.73 bits per heavy atom. The lowest BCUT2D eigenvalue weighted by Crippen LogP contribution is -2.16. The summed E-state index contributed by atoms with van der Waals surface area (Å²) in [6.07, 6.45) is 0.800. The number of hydrogen-bond donors (Lipinski definition) is 1. The van der Waals surface area contributed by atoms with E-state index in [4.69, 9.17) is 4.74 Å². The average molecular weight is 315 g/mol. The summed E-state index contributed by atoms with van der Waals surface area (Å²) in [5.74, 6) is 0.548. The van der Waals surface area contributed by atoms with Crippen molar-refractivity contribution in [2.45, 2.75) is 12.5 Å². The van der Waals surface area contributed by atoms with Crippen molar-refractivity contribution in [1.82, 2.24) is 5.32 Å². The number of benzene rings is 2. The third-order valence-corrected chi connectivity index (χ3v) is 4.55. The number of fused-ring (bicyclic) bond motifs is 1. The molecule has 3 rings (SSSR count). The topological polar surface area (TPSA) is 21.3 Å². The van der Waals surface area contributed by atoms with E-state index in [1.54, 1.807) is 12.1 Å². The minimum Gasteiger partial charge on any atom is -0.484 e. The third kappa shape index (κ3) is 3.13. The second-order valence-electron chi connectivity index (χ2n) is 5.12. The summed E-state index contributed by atoms with van der Waals surface area (Å²) >= 11 is 1.51. The van der Waals surface area contributed by atoms with Crippen molar-refractivity contribution in [1.29, 1.82) is 0 Å². The molecule has 1 N–H and O–H groups in total. The summed E-state index contributed by atoms with van der Waals surface area (Å²) in [6.45, 7) is 0.855.